The van der Waals surface area contributed by atoms with Gasteiger partial charge in [0.2, 0.25) is 0 Å². The molecule has 10 nitrogen and oxygen atoms in total. The number of esters is 1. The highest BCUT2D eigenvalue weighted by atomic mass is 16.7. The summed E-state index contributed by atoms with van der Waals surface area (Å²) in [6, 6.07) is 3.06. The number of aromatic nitrogens is 1. The molecule has 4 saturated carbocycles. The number of carbonyl (C=O) groups is 1. The number of aliphatic hydroxyl groups excluding tert-OH is 1. The molecule has 194 valence electrons. The Balaban J connectivity index is 1.69. The molecule has 0 radical (unpaired) electrons. The molecule has 3 heterocycles. The maximum Gasteiger partial charge on any atom is 0.355 e. The van der Waals surface area contributed by atoms with Gasteiger partial charge in [-0.3, -0.25) is 0 Å². The first-order valence-corrected chi connectivity index (χ1v) is 12.4. The number of ether oxygens (including phenoxy) is 2. The highest BCUT2D eigenvalue weighted by Gasteiger charge is 3.10. The average molecular weight is 494 g/mol. The van der Waals surface area contributed by atoms with Crippen LogP contribution in [0, 0.1) is 22.7 Å². The molecule has 6 fully saturated rings. The van der Waals surface area contributed by atoms with E-state index in [1.807, 2.05) is 0 Å². The predicted octanol–water partition coefficient (Wildman–Crippen LogP) is -0.188. The number of aliphatic hydroxyl groups is 6. The third-order valence-electron chi connectivity index (χ3n) is 11.3. The minimum Gasteiger partial charge on any atom is -0.451 e. The lowest BCUT2D eigenvalue weighted by Gasteiger charge is -2.60. The first kappa shape index (κ1) is 23.8. The van der Waals surface area contributed by atoms with Crippen LogP contribution in [0.25, 0.3) is 0 Å². The Morgan fingerprint density at radius 3 is 2.43 bits per heavy atom. The van der Waals surface area contributed by atoms with Crippen molar-refractivity contribution in [1.29, 1.82) is 0 Å². The van der Waals surface area contributed by atoms with E-state index >= 15 is 0 Å². The molecular weight excluding hydrogens is 458 g/mol. The van der Waals surface area contributed by atoms with E-state index in [9.17, 15) is 35.4 Å². The topological polar surface area (TPSA) is 173 Å². The molecule has 6 aliphatic rings. The summed E-state index contributed by atoms with van der Waals surface area (Å²) in [5, 5.41) is 73.9. The van der Waals surface area contributed by atoms with Crippen LogP contribution in [0.2, 0.25) is 0 Å². The maximum absolute atomic E-state index is 13.2. The van der Waals surface area contributed by atoms with E-state index < -0.39 is 74.6 Å². The molecule has 2 saturated heterocycles. The molecule has 1 aromatic rings. The number of H-pyrrole nitrogens is 1. The molecule has 1 unspecified atom stereocenters. The number of hydrogen-bond acceptors (Lipinski definition) is 9. The highest BCUT2D eigenvalue weighted by Crippen LogP contribution is 2.90. The van der Waals surface area contributed by atoms with Crippen molar-refractivity contribution in [2.75, 3.05) is 0 Å². The van der Waals surface area contributed by atoms with E-state index in [1.165, 1.54) is 26.1 Å². The van der Waals surface area contributed by atoms with Gasteiger partial charge in [0.1, 0.15) is 28.1 Å². The third kappa shape index (κ3) is 1.74. The van der Waals surface area contributed by atoms with Crippen molar-refractivity contribution >= 4 is 5.97 Å². The molecule has 1 aromatic heterocycles. The second-order valence-corrected chi connectivity index (χ2v) is 12.4. The van der Waals surface area contributed by atoms with Crippen molar-refractivity contribution in [3.63, 3.8) is 0 Å². The molecular formula is C25H35NO9. The molecule has 1 spiro atoms. The average Bonchev–Trinajstić information content (AvgIpc) is 3.41. The number of hydrogen-bond donors (Lipinski definition) is 7. The number of nitrogens with one attached hydrogen (secondary N) is 1. The van der Waals surface area contributed by atoms with Crippen LogP contribution < -0.4 is 0 Å². The monoisotopic (exact) mass is 493 g/mol. The minimum absolute atomic E-state index is 0.0654. The molecule has 4 aliphatic carbocycles. The van der Waals surface area contributed by atoms with Gasteiger partial charge in [0.05, 0.1) is 11.5 Å². The predicted molar refractivity (Wildman–Crippen MR) is 119 cm³/mol. The van der Waals surface area contributed by atoms with E-state index in [1.54, 1.807) is 26.8 Å². The number of rotatable bonds is 3. The summed E-state index contributed by atoms with van der Waals surface area (Å²) in [5.74, 6) is -4.34. The van der Waals surface area contributed by atoms with Gasteiger partial charge in [-0.2, -0.15) is 0 Å². The van der Waals surface area contributed by atoms with Gasteiger partial charge in [0.25, 0.3) is 0 Å². The zero-order valence-electron chi connectivity index (χ0n) is 20.6. The lowest BCUT2D eigenvalue weighted by Crippen LogP contribution is -2.75. The lowest BCUT2D eigenvalue weighted by atomic mass is 9.52. The maximum atomic E-state index is 13.2. The van der Waals surface area contributed by atoms with E-state index in [0.717, 1.165) is 0 Å². The van der Waals surface area contributed by atoms with Gasteiger partial charge in [-0.05, 0) is 43.7 Å². The van der Waals surface area contributed by atoms with Crippen LogP contribution in [0.4, 0.5) is 0 Å². The Morgan fingerprint density at radius 2 is 1.86 bits per heavy atom. The molecule has 7 N–H and O–H groups in total. The van der Waals surface area contributed by atoms with Gasteiger partial charge >= 0.3 is 5.97 Å². The van der Waals surface area contributed by atoms with Gasteiger partial charge in [-0.25, -0.2) is 4.79 Å². The van der Waals surface area contributed by atoms with Crippen LogP contribution in [-0.2, 0) is 9.47 Å². The Morgan fingerprint density at radius 1 is 1.20 bits per heavy atom. The normalized spacial score (nSPS) is 59.8. The second kappa shape index (κ2) is 5.96. The summed E-state index contributed by atoms with van der Waals surface area (Å²) in [7, 11) is 0. The van der Waals surface area contributed by atoms with Crippen molar-refractivity contribution in [1.82, 2.24) is 4.98 Å². The van der Waals surface area contributed by atoms with Gasteiger partial charge in [-0.1, -0.05) is 27.7 Å². The van der Waals surface area contributed by atoms with Crippen molar-refractivity contribution in [2.45, 2.75) is 99.9 Å². The first-order valence-electron chi connectivity index (χ1n) is 12.4. The summed E-state index contributed by atoms with van der Waals surface area (Å²) >= 11 is 0. The smallest absolute Gasteiger partial charge is 0.355 e. The van der Waals surface area contributed by atoms with E-state index in [4.69, 9.17) is 9.47 Å². The van der Waals surface area contributed by atoms with Gasteiger partial charge < -0.3 is 45.1 Å². The van der Waals surface area contributed by atoms with E-state index in [-0.39, 0.29) is 18.5 Å². The molecule has 0 aromatic carbocycles. The van der Waals surface area contributed by atoms with Crippen molar-refractivity contribution in [3.05, 3.63) is 24.0 Å². The van der Waals surface area contributed by atoms with Crippen LogP contribution in [0.3, 0.4) is 0 Å². The molecule has 2 aliphatic heterocycles. The molecule has 7 rings (SSSR count). The van der Waals surface area contributed by atoms with Crippen LogP contribution in [-0.4, -0.2) is 87.6 Å². The quantitative estimate of drug-likeness (QED) is 0.282. The van der Waals surface area contributed by atoms with E-state index in [0.29, 0.717) is 6.42 Å². The summed E-state index contributed by atoms with van der Waals surface area (Å²) in [5.41, 5.74) is -15.2. The van der Waals surface area contributed by atoms with Crippen LogP contribution >= 0.6 is 0 Å². The molecule has 35 heavy (non-hydrogen) atoms. The minimum atomic E-state index is -2.59. The second-order valence-electron chi connectivity index (χ2n) is 12.4. The Kier molecular flexibility index (Phi) is 4.06. The molecule has 11 atom stereocenters. The van der Waals surface area contributed by atoms with E-state index in [2.05, 4.69) is 4.98 Å². The Hall–Kier alpha value is -1.53. The number of carbonyl (C=O) groups excluding carboxylic acids is 1. The SMILES string of the molecule is CC(C)[C@@]1(O)[C@@H](OC(=O)c2ccc[nH]2)C2(O)[C@@]3(O)[C@]45O[C@@](O)(C[C@@]2(C)[C@@]4(O)CC[C@H](C)[C@H]5O)[C@@]31C. The van der Waals surface area contributed by atoms with Gasteiger partial charge in [0.15, 0.2) is 17.5 Å². The Bertz CT molecular complexity index is 1130. The van der Waals surface area contributed by atoms with Crippen LogP contribution in [0.5, 0.6) is 0 Å². The van der Waals surface area contributed by atoms with Gasteiger partial charge in [-0.15, -0.1) is 0 Å². The lowest BCUT2D eigenvalue weighted by molar-refractivity contribution is -0.390. The fraction of sp³-hybridized carbons (Fsp3) is 0.800. The van der Waals surface area contributed by atoms with Crippen molar-refractivity contribution in [3.8, 4) is 0 Å². The van der Waals surface area contributed by atoms with Crippen LogP contribution in [0.15, 0.2) is 18.3 Å². The van der Waals surface area contributed by atoms with Gasteiger partial charge in [0, 0.05) is 18.0 Å². The summed E-state index contributed by atoms with van der Waals surface area (Å²) < 4.78 is 12.1. The molecule has 6 bridgehead atoms. The molecule has 10 heteroatoms. The summed E-state index contributed by atoms with van der Waals surface area (Å²) in [6.45, 7) is 7.91. The van der Waals surface area contributed by atoms with Crippen molar-refractivity contribution < 1.29 is 44.9 Å². The van der Waals surface area contributed by atoms with Crippen molar-refractivity contribution in [2.24, 2.45) is 22.7 Å². The third-order valence-corrected chi connectivity index (χ3v) is 11.3. The summed E-state index contributed by atoms with van der Waals surface area (Å²) in [4.78, 5) is 15.9. The largest absolute Gasteiger partial charge is 0.451 e. The zero-order valence-corrected chi connectivity index (χ0v) is 20.6. The zero-order chi connectivity index (χ0) is 25.8. The van der Waals surface area contributed by atoms with Crippen LogP contribution in [0.1, 0.15) is 64.4 Å². The first-order chi connectivity index (χ1) is 16.0. The molecule has 0 amide bonds. The fourth-order valence-corrected chi connectivity index (χ4v) is 9.56. The Labute approximate surface area is 202 Å². The fourth-order valence-electron chi connectivity index (χ4n) is 9.56. The number of aromatic amines is 1. The standard InChI is InChI=1S/C25H35NO9/c1-12(2)22(31)17(34-16(28)14-7-6-10-26-14)23(32)18(4)11-21(30)19(22,5)25(23,33)24(35-21)15(27)13(3)8-9-20(18,24)29/h6-7,10,12-13,15,17,26-27,29-33H,8-9,11H2,1-5H3/t13-,15+,17+,18-,19+,20-,21-,22+,23?,24+,25+/m0/s1. The highest BCUT2D eigenvalue weighted by molar-refractivity contribution is 5.87. The summed E-state index contributed by atoms with van der Waals surface area (Å²) in [6.07, 6.45) is -1.63.